The fraction of sp³-hybridized carbons (Fsp3) is 0.529. The van der Waals surface area contributed by atoms with Gasteiger partial charge in [-0.15, -0.1) is 12.4 Å². The van der Waals surface area contributed by atoms with Gasteiger partial charge in [-0.05, 0) is 70.1 Å². The molecule has 0 aliphatic carbocycles. The van der Waals surface area contributed by atoms with E-state index in [-0.39, 0.29) is 18.0 Å². The van der Waals surface area contributed by atoms with Gasteiger partial charge >= 0.3 is 0 Å². The number of aromatic amines is 1. The van der Waals surface area contributed by atoms with Gasteiger partial charge in [0.25, 0.3) is 5.56 Å². The molecule has 0 spiro atoms. The molecule has 132 valence electrons. The number of hydrogen-bond donors (Lipinski definition) is 2. The van der Waals surface area contributed by atoms with Gasteiger partial charge in [-0.1, -0.05) is 11.6 Å². The maximum Gasteiger partial charge on any atom is 0.258 e. The van der Waals surface area contributed by atoms with Crippen LogP contribution in [0.2, 0.25) is 5.02 Å². The molecule has 2 aromatic rings. The van der Waals surface area contributed by atoms with Gasteiger partial charge in [-0.25, -0.2) is 4.98 Å². The second kappa shape index (κ2) is 8.81. The first-order valence-corrected chi connectivity index (χ1v) is 8.59. The maximum absolute atomic E-state index is 12.2. The third kappa shape index (κ3) is 4.70. The Bertz CT molecular complexity index is 726. The molecule has 5 nitrogen and oxygen atoms in total. The molecular weight excluding hydrogens is 347 g/mol. The smallest absolute Gasteiger partial charge is 0.258 e. The number of aromatic nitrogens is 2. The normalized spacial score (nSPS) is 16.2. The number of hydrogen-bond acceptors (Lipinski definition) is 4. The first kappa shape index (κ1) is 19.2. The highest BCUT2D eigenvalue weighted by molar-refractivity contribution is 6.31. The predicted octanol–water partition coefficient (Wildman–Crippen LogP) is 2.82. The van der Waals surface area contributed by atoms with Crippen LogP contribution in [-0.2, 0) is 6.54 Å². The fourth-order valence-corrected chi connectivity index (χ4v) is 3.40. The molecule has 1 fully saturated rings. The monoisotopic (exact) mass is 370 g/mol. The summed E-state index contributed by atoms with van der Waals surface area (Å²) in [7, 11) is 2.00. The molecular formula is C17H24Cl2N4O. The largest absolute Gasteiger partial charge is 0.320 e. The van der Waals surface area contributed by atoms with Crippen LogP contribution in [0.1, 0.15) is 25.1 Å². The highest BCUT2D eigenvalue weighted by Crippen LogP contribution is 2.21. The summed E-state index contributed by atoms with van der Waals surface area (Å²) in [5.74, 6) is 1.54. The lowest BCUT2D eigenvalue weighted by Crippen LogP contribution is -2.35. The van der Waals surface area contributed by atoms with Crippen molar-refractivity contribution < 1.29 is 0 Å². The van der Waals surface area contributed by atoms with Crippen LogP contribution in [0.15, 0.2) is 23.0 Å². The number of nitrogens with one attached hydrogen (secondary N) is 2. The van der Waals surface area contributed by atoms with Crippen LogP contribution in [0.25, 0.3) is 10.9 Å². The lowest BCUT2D eigenvalue weighted by Gasteiger charge is -2.31. The maximum atomic E-state index is 12.2. The van der Waals surface area contributed by atoms with E-state index in [0.717, 1.165) is 31.4 Å². The van der Waals surface area contributed by atoms with Crippen molar-refractivity contribution in [3.8, 4) is 0 Å². The van der Waals surface area contributed by atoms with Gasteiger partial charge < -0.3 is 10.3 Å². The summed E-state index contributed by atoms with van der Waals surface area (Å²) >= 11 is 5.94. The lowest BCUT2D eigenvalue weighted by atomic mass is 9.93. The minimum Gasteiger partial charge on any atom is -0.320 e. The number of rotatable bonds is 5. The third-order valence-corrected chi connectivity index (χ3v) is 4.83. The van der Waals surface area contributed by atoms with Crippen LogP contribution in [0, 0.1) is 5.92 Å². The first-order valence-electron chi connectivity index (χ1n) is 8.21. The molecule has 7 heteroatoms. The molecule has 1 saturated heterocycles. The standard InChI is InChI=1S/C17H23ClN4O.ClH/c1-19-7-4-12-5-8-22(9-6-12)11-16-20-15-3-2-13(18)10-14(15)17(23)21-16;/h2-3,10,12,19H,4-9,11H2,1H3,(H,20,21,23);1H. The average Bonchev–Trinajstić information content (AvgIpc) is 2.55. The number of nitrogens with zero attached hydrogens (tertiary/aromatic N) is 2. The van der Waals surface area contributed by atoms with E-state index >= 15 is 0 Å². The van der Waals surface area contributed by atoms with Crippen LogP contribution in [0.5, 0.6) is 0 Å². The van der Waals surface area contributed by atoms with Crippen LogP contribution in [-0.4, -0.2) is 41.5 Å². The molecule has 1 aromatic carbocycles. The summed E-state index contributed by atoms with van der Waals surface area (Å²) in [5, 5.41) is 4.33. The molecule has 0 amide bonds. The zero-order valence-corrected chi connectivity index (χ0v) is 15.4. The van der Waals surface area contributed by atoms with E-state index in [9.17, 15) is 4.79 Å². The van der Waals surface area contributed by atoms with Crippen LogP contribution >= 0.6 is 24.0 Å². The van der Waals surface area contributed by atoms with Crippen LogP contribution in [0.4, 0.5) is 0 Å². The van der Waals surface area contributed by atoms with E-state index in [4.69, 9.17) is 11.6 Å². The van der Waals surface area contributed by atoms with E-state index < -0.39 is 0 Å². The lowest BCUT2D eigenvalue weighted by molar-refractivity contribution is 0.169. The minimum absolute atomic E-state index is 0. The Morgan fingerprint density at radius 2 is 2.12 bits per heavy atom. The van der Waals surface area contributed by atoms with E-state index in [1.807, 2.05) is 7.05 Å². The zero-order chi connectivity index (χ0) is 16.2. The highest BCUT2D eigenvalue weighted by Gasteiger charge is 2.19. The molecule has 0 unspecified atom stereocenters. The molecule has 1 aliphatic rings. The van der Waals surface area contributed by atoms with E-state index in [0.29, 0.717) is 22.5 Å². The van der Waals surface area contributed by atoms with Gasteiger partial charge in [0.15, 0.2) is 0 Å². The Morgan fingerprint density at radius 1 is 1.38 bits per heavy atom. The second-order valence-corrected chi connectivity index (χ2v) is 6.72. The topological polar surface area (TPSA) is 61.0 Å². The van der Waals surface area contributed by atoms with Crippen LogP contribution in [0.3, 0.4) is 0 Å². The van der Waals surface area contributed by atoms with Gasteiger partial charge in [0.2, 0.25) is 0 Å². The first-order chi connectivity index (χ1) is 11.2. The predicted molar refractivity (Wildman–Crippen MR) is 101 cm³/mol. The second-order valence-electron chi connectivity index (χ2n) is 6.29. The quantitative estimate of drug-likeness (QED) is 0.849. The van der Waals surface area contributed by atoms with Gasteiger partial charge in [0.05, 0.1) is 17.4 Å². The van der Waals surface area contributed by atoms with E-state index in [2.05, 4.69) is 20.2 Å². The van der Waals surface area contributed by atoms with Crippen molar-refractivity contribution in [2.24, 2.45) is 5.92 Å². The molecule has 24 heavy (non-hydrogen) atoms. The molecule has 1 aliphatic heterocycles. The molecule has 3 rings (SSSR count). The Balaban J connectivity index is 0.00000208. The Hall–Kier alpha value is -1.14. The van der Waals surface area contributed by atoms with Crippen molar-refractivity contribution in [3.63, 3.8) is 0 Å². The van der Waals surface area contributed by atoms with Crippen molar-refractivity contribution in [1.82, 2.24) is 20.2 Å². The summed E-state index contributed by atoms with van der Waals surface area (Å²) in [6.07, 6.45) is 3.68. The number of halogens is 2. The van der Waals surface area contributed by atoms with E-state index in [1.54, 1.807) is 18.2 Å². The summed E-state index contributed by atoms with van der Waals surface area (Å²) in [6, 6.07) is 5.24. The Labute approximate surface area is 153 Å². The van der Waals surface area contributed by atoms with Crippen LogP contribution < -0.4 is 10.9 Å². The van der Waals surface area contributed by atoms with Gasteiger partial charge in [-0.3, -0.25) is 9.69 Å². The van der Waals surface area contributed by atoms with E-state index in [1.165, 1.54) is 19.3 Å². The molecule has 0 saturated carbocycles. The van der Waals surface area contributed by atoms with Crippen molar-refractivity contribution in [3.05, 3.63) is 39.4 Å². The van der Waals surface area contributed by atoms with Crippen molar-refractivity contribution in [1.29, 1.82) is 0 Å². The average molecular weight is 371 g/mol. The Morgan fingerprint density at radius 3 is 2.83 bits per heavy atom. The molecule has 0 atom stereocenters. The number of piperidine rings is 1. The highest BCUT2D eigenvalue weighted by atomic mass is 35.5. The zero-order valence-electron chi connectivity index (χ0n) is 13.8. The number of H-pyrrole nitrogens is 1. The minimum atomic E-state index is -0.114. The Kier molecular flexibility index (Phi) is 7.04. The third-order valence-electron chi connectivity index (χ3n) is 4.60. The van der Waals surface area contributed by atoms with Gasteiger partial charge in [0.1, 0.15) is 5.82 Å². The van der Waals surface area contributed by atoms with Crippen molar-refractivity contribution in [2.75, 3.05) is 26.7 Å². The number of likely N-dealkylation sites (tertiary alicyclic amines) is 1. The van der Waals surface area contributed by atoms with Crippen molar-refractivity contribution >= 4 is 34.9 Å². The fourth-order valence-electron chi connectivity index (χ4n) is 3.23. The molecule has 0 bridgehead atoms. The number of benzene rings is 1. The summed E-state index contributed by atoms with van der Waals surface area (Å²) in [6.45, 7) is 3.92. The molecule has 2 N–H and O–H groups in total. The molecule has 2 heterocycles. The van der Waals surface area contributed by atoms with Gasteiger partial charge in [-0.2, -0.15) is 0 Å². The number of fused-ring (bicyclic) bond motifs is 1. The molecule has 1 aromatic heterocycles. The summed E-state index contributed by atoms with van der Waals surface area (Å²) in [5.41, 5.74) is 0.591. The van der Waals surface area contributed by atoms with Crippen molar-refractivity contribution in [2.45, 2.75) is 25.8 Å². The summed E-state index contributed by atoms with van der Waals surface area (Å²) in [4.78, 5) is 22.0. The SMILES string of the molecule is CNCCC1CCN(Cc2nc3ccc(Cl)cc3c(=O)[nH]2)CC1.Cl. The molecule has 0 radical (unpaired) electrons. The van der Waals surface area contributed by atoms with Gasteiger partial charge in [0, 0.05) is 5.02 Å². The summed E-state index contributed by atoms with van der Waals surface area (Å²) < 4.78 is 0.